The minimum Gasteiger partial charge on any atom is -0.477 e. The first-order chi connectivity index (χ1) is 9.06. The van der Waals surface area contributed by atoms with Crippen LogP contribution in [0.4, 0.5) is 0 Å². The number of carboxylic acid groups (broad SMARTS) is 1. The van der Waals surface area contributed by atoms with Gasteiger partial charge < -0.3 is 9.63 Å². The van der Waals surface area contributed by atoms with Crippen LogP contribution in [0.5, 0.6) is 0 Å². The fourth-order valence-electron chi connectivity index (χ4n) is 1.32. The van der Waals surface area contributed by atoms with Crippen LogP contribution in [0, 0.1) is 0 Å². The molecule has 100 valence electrons. The molecule has 2 aromatic rings. The minimum absolute atomic E-state index is 0.0263. The van der Waals surface area contributed by atoms with E-state index in [0.29, 0.717) is 17.5 Å². The van der Waals surface area contributed by atoms with E-state index in [1.807, 2.05) is 13.8 Å². The summed E-state index contributed by atoms with van der Waals surface area (Å²) in [6, 6.07) is 3.27. The normalized spacial score (nSPS) is 10.9. The van der Waals surface area contributed by atoms with Crippen LogP contribution < -0.4 is 0 Å². The quantitative estimate of drug-likeness (QED) is 0.841. The Morgan fingerprint density at radius 1 is 1.53 bits per heavy atom. The van der Waals surface area contributed by atoms with Gasteiger partial charge >= 0.3 is 5.97 Å². The predicted molar refractivity (Wildman–Crippen MR) is 69.1 cm³/mol. The zero-order valence-corrected chi connectivity index (χ0v) is 11.3. The van der Waals surface area contributed by atoms with Gasteiger partial charge in [0.2, 0.25) is 5.89 Å². The smallest absolute Gasteiger partial charge is 0.354 e. The number of carboxylic acids is 1. The Hall–Kier alpha value is -1.89. The second-order valence-corrected chi connectivity index (χ2v) is 5.22. The number of carbonyl (C=O) groups is 1. The number of pyridine rings is 1. The fraction of sp³-hybridized carbons (Fsp3) is 0.333. The highest BCUT2D eigenvalue weighted by Gasteiger charge is 2.11. The molecule has 0 atom stereocenters. The van der Waals surface area contributed by atoms with Gasteiger partial charge in [-0.05, 0) is 12.1 Å². The molecule has 0 aliphatic heterocycles. The Morgan fingerprint density at radius 2 is 2.32 bits per heavy atom. The molecule has 6 nitrogen and oxygen atoms in total. The molecule has 0 amide bonds. The number of hydrogen-bond acceptors (Lipinski definition) is 6. The lowest BCUT2D eigenvalue weighted by Crippen LogP contribution is -1.99. The van der Waals surface area contributed by atoms with E-state index in [4.69, 9.17) is 9.63 Å². The molecule has 2 rings (SSSR count). The molecular formula is C12H13N3O3S. The number of aromatic nitrogens is 3. The molecule has 0 radical (unpaired) electrons. The molecule has 0 unspecified atom stereocenters. The van der Waals surface area contributed by atoms with Gasteiger partial charge in [-0.2, -0.15) is 4.98 Å². The number of aromatic carboxylic acids is 1. The summed E-state index contributed by atoms with van der Waals surface area (Å²) in [5, 5.41) is 12.7. The molecule has 1 N–H and O–H groups in total. The van der Waals surface area contributed by atoms with E-state index in [0.717, 1.165) is 4.90 Å². The molecule has 0 aromatic carbocycles. The monoisotopic (exact) mass is 279 g/mol. The second-order valence-electron chi connectivity index (χ2n) is 4.17. The maximum atomic E-state index is 10.8. The molecule has 0 saturated heterocycles. The summed E-state index contributed by atoms with van der Waals surface area (Å²) >= 11 is 1.43. The lowest BCUT2D eigenvalue weighted by atomic mass is 10.2. The van der Waals surface area contributed by atoms with Crippen LogP contribution in [0.3, 0.4) is 0 Å². The van der Waals surface area contributed by atoms with Crippen molar-refractivity contribution < 1.29 is 14.4 Å². The van der Waals surface area contributed by atoms with Crippen molar-refractivity contribution in [1.29, 1.82) is 0 Å². The van der Waals surface area contributed by atoms with Crippen molar-refractivity contribution >= 4 is 17.7 Å². The Kier molecular flexibility index (Phi) is 4.16. The molecule has 0 spiro atoms. The molecular weight excluding hydrogens is 266 g/mol. The average molecular weight is 279 g/mol. The molecule has 2 aromatic heterocycles. The third kappa shape index (κ3) is 3.54. The zero-order chi connectivity index (χ0) is 13.8. The number of hydrogen-bond donors (Lipinski definition) is 1. The van der Waals surface area contributed by atoms with Crippen molar-refractivity contribution in [2.45, 2.75) is 30.4 Å². The van der Waals surface area contributed by atoms with Crippen molar-refractivity contribution in [1.82, 2.24) is 15.1 Å². The molecule has 0 aliphatic carbocycles. The average Bonchev–Trinajstić information content (AvgIpc) is 2.85. The standard InChI is InChI=1S/C12H13N3O3S/c1-7(2)11-14-10(18-15-11)6-19-8-3-4-13-9(5-8)12(16)17/h3-5,7H,6H2,1-2H3,(H,16,17). The van der Waals surface area contributed by atoms with Gasteiger partial charge in [0, 0.05) is 17.0 Å². The third-order valence-electron chi connectivity index (χ3n) is 2.31. The Labute approximate surface area is 114 Å². The van der Waals surface area contributed by atoms with Gasteiger partial charge in [-0.15, -0.1) is 11.8 Å². The summed E-state index contributed by atoms with van der Waals surface area (Å²) in [5.74, 6) is 0.895. The molecule has 0 bridgehead atoms. The summed E-state index contributed by atoms with van der Waals surface area (Å²) in [7, 11) is 0. The zero-order valence-electron chi connectivity index (χ0n) is 10.5. The first-order valence-electron chi connectivity index (χ1n) is 5.71. The molecule has 7 heteroatoms. The summed E-state index contributed by atoms with van der Waals surface area (Å²) < 4.78 is 5.11. The van der Waals surface area contributed by atoms with Gasteiger partial charge in [0.05, 0.1) is 5.75 Å². The number of nitrogens with zero attached hydrogens (tertiary/aromatic N) is 3. The molecule has 0 aliphatic rings. The third-order valence-corrected chi connectivity index (χ3v) is 3.29. The highest BCUT2D eigenvalue weighted by atomic mass is 32.2. The number of thioether (sulfide) groups is 1. The second kappa shape index (κ2) is 5.83. The predicted octanol–water partition coefficient (Wildman–Crippen LogP) is 2.58. The van der Waals surface area contributed by atoms with Crippen LogP contribution in [-0.2, 0) is 5.75 Å². The molecule has 19 heavy (non-hydrogen) atoms. The molecule has 0 saturated carbocycles. The Morgan fingerprint density at radius 3 is 2.95 bits per heavy atom. The van der Waals surface area contributed by atoms with Gasteiger partial charge in [-0.25, -0.2) is 9.78 Å². The minimum atomic E-state index is -1.04. The van der Waals surface area contributed by atoms with E-state index in [2.05, 4.69) is 15.1 Å². The van der Waals surface area contributed by atoms with E-state index >= 15 is 0 Å². The highest BCUT2D eigenvalue weighted by Crippen LogP contribution is 2.22. The highest BCUT2D eigenvalue weighted by molar-refractivity contribution is 7.98. The first kappa shape index (κ1) is 13.5. The van der Waals surface area contributed by atoms with Crippen LogP contribution in [0.15, 0.2) is 27.7 Å². The fourth-order valence-corrected chi connectivity index (χ4v) is 2.08. The first-order valence-corrected chi connectivity index (χ1v) is 6.69. The van der Waals surface area contributed by atoms with Gasteiger partial charge in [0.1, 0.15) is 5.69 Å². The maximum Gasteiger partial charge on any atom is 0.354 e. The van der Waals surface area contributed by atoms with E-state index < -0.39 is 5.97 Å². The van der Waals surface area contributed by atoms with Crippen LogP contribution in [0.25, 0.3) is 0 Å². The van der Waals surface area contributed by atoms with E-state index in [9.17, 15) is 4.79 Å². The largest absolute Gasteiger partial charge is 0.477 e. The molecule has 2 heterocycles. The van der Waals surface area contributed by atoms with Gasteiger partial charge in [-0.1, -0.05) is 19.0 Å². The summed E-state index contributed by atoms with van der Waals surface area (Å²) in [6.45, 7) is 3.98. The summed E-state index contributed by atoms with van der Waals surface area (Å²) in [5.41, 5.74) is 0.0263. The summed E-state index contributed by atoms with van der Waals surface area (Å²) in [4.78, 5) is 19.6. The van der Waals surface area contributed by atoms with Crippen LogP contribution in [-0.4, -0.2) is 26.2 Å². The van der Waals surface area contributed by atoms with Crippen LogP contribution >= 0.6 is 11.8 Å². The van der Waals surface area contributed by atoms with E-state index in [1.54, 1.807) is 6.07 Å². The van der Waals surface area contributed by atoms with Crippen LogP contribution in [0.2, 0.25) is 0 Å². The topological polar surface area (TPSA) is 89.1 Å². The van der Waals surface area contributed by atoms with Crippen LogP contribution in [0.1, 0.15) is 42.0 Å². The summed E-state index contributed by atoms with van der Waals surface area (Å²) in [6.07, 6.45) is 1.47. The number of rotatable bonds is 5. The maximum absolute atomic E-state index is 10.8. The van der Waals surface area contributed by atoms with Crippen molar-refractivity contribution in [3.8, 4) is 0 Å². The van der Waals surface area contributed by atoms with Crippen molar-refractivity contribution in [3.63, 3.8) is 0 Å². The van der Waals surface area contributed by atoms with E-state index in [1.165, 1.54) is 24.0 Å². The van der Waals surface area contributed by atoms with Gasteiger partial charge in [0.25, 0.3) is 0 Å². The Bertz CT molecular complexity index is 583. The van der Waals surface area contributed by atoms with Crippen molar-refractivity contribution in [2.24, 2.45) is 0 Å². The molecule has 0 fully saturated rings. The SMILES string of the molecule is CC(C)c1noc(CSc2ccnc(C(=O)O)c2)n1. The van der Waals surface area contributed by atoms with Crippen molar-refractivity contribution in [2.75, 3.05) is 0 Å². The lowest BCUT2D eigenvalue weighted by molar-refractivity contribution is 0.0690. The van der Waals surface area contributed by atoms with Gasteiger partial charge in [-0.3, -0.25) is 0 Å². The van der Waals surface area contributed by atoms with Crippen molar-refractivity contribution in [3.05, 3.63) is 35.7 Å². The van der Waals surface area contributed by atoms with E-state index in [-0.39, 0.29) is 11.6 Å². The van der Waals surface area contributed by atoms with Gasteiger partial charge in [0.15, 0.2) is 5.82 Å². The lowest BCUT2D eigenvalue weighted by Gasteiger charge is -1.99. The Balaban J connectivity index is 2.01.